The summed E-state index contributed by atoms with van der Waals surface area (Å²) in [4.78, 5) is 11.1. The number of aryl methyl sites for hydroxylation is 2. The molecule has 70 valence electrons. The largest absolute Gasteiger partial charge is 0.277 e. The highest BCUT2D eigenvalue weighted by atomic mass is 16.1. The summed E-state index contributed by atoms with van der Waals surface area (Å²) in [5, 5.41) is 8.49. The molecule has 0 amide bonds. The van der Waals surface area contributed by atoms with E-state index in [2.05, 4.69) is 0 Å². The molecule has 0 fully saturated rings. The van der Waals surface area contributed by atoms with Gasteiger partial charge in [-0.2, -0.15) is 5.26 Å². The van der Waals surface area contributed by atoms with E-state index in [-0.39, 0.29) is 0 Å². The zero-order chi connectivity index (χ0) is 9.97. The number of nitrogens with zero attached hydrogens (tertiary/aromatic N) is 1. The second-order valence-electron chi connectivity index (χ2n) is 3.63. The first-order valence-corrected chi connectivity index (χ1v) is 4.87. The maximum absolute atomic E-state index is 11.1. The first-order chi connectivity index (χ1) is 6.81. The van der Waals surface area contributed by atoms with Crippen molar-refractivity contribution in [2.24, 2.45) is 0 Å². The van der Waals surface area contributed by atoms with Gasteiger partial charge in [0, 0.05) is 5.56 Å². The van der Waals surface area contributed by atoms with Gasteiger partial charge in [0.05, 0.1) is 0 Å². The average molecular weight is 185 g/mol. The first-order valence-electron chi connectivity index (χ1n) is 4.87. The normalized spacial score (nSPS) is 14.2. The summed E-state index contributed by atoms with van der Waals surface area (Å²) < 4.78 is 0. The van der Waals surface area contributed by atoms with E-state index in [9.17, 15) is 4.79 Å². The maximum atomic E-state index is 11.1. The number of ketones is 1. The third-order valence-corrected chi connectivity index (χ3v) is 2.71. The van der Waals surface area contributed by atoms with Gasteiger partial charge in [-0.3, -0.25) is 4.79 Å². The topological polar surface area (TPSA) is 40.9 Å². The molecule has 2 nitrogen and oxygen atoms in total. The molecule has 2 rings (SSSR count). The van der Waals surface area contributed by atoms with Crippen molar-refractivity contribution in [3.05, 3.63) is 34.9 Å². The summed E-state index contributed by atoms with van der Waals surface area (Å²) in [5.41, 5.74) is 3.12. The number of carbonyl (C=O) groups excluding carboxylic acids is 1. The summed E-state index contributed by atoms with van der Waals surface area (Å²) in [5.74, 6) is -0.432. The lowest BCUT2D eigenvalue weighted by atomic mass is 9.90. The number of fused-ring (bicyclic) bond motifs is 1. The third-order valence-electron chi connectivity index (χ3n) is 2.71. The summed E-state index contributed by atoms with van der Waals surface area (Å²) in [6.45, 7) is 0. The predicted octanol–water partition coefficient (Wildman–Crippen LogP) is 2.27. The van der Waals surface area contributed by atoms with Gasteiger partial charge < -0.3 is 0 Å². The van der Waals surface area contributed by atoms with Gasteiger partial charge >= 0.3 is 0 Å². The van der Waals surface area contributed by atoms with Crippen LogP contribution in [0, 0.1) is 11.3 Å². The minimum atomic E-state index is -0.432. The molecule has 0 N–H and O–H groups in total. The van der Waals surface area contributed by atoms with Crippen molar-refractivity contribution in [2.75, 3.05) is 0 Å². The molecule has 0 unspecified atom stereocenters. The van der Waals surface area contributed by atoms with Crippen LogP contribution < -0.4 is 0 Å². The molecule has 1 aromatic carbocycles. The molecule has 1 aromatic rings. The highest BCUT2D eigenvalue weighted by molar-refractivity contribution is 6.07. The van der Waals surface area contributed by atoms with E-state index in [1.54, 1.807) is 12.1 Å². The van der Waals surface area contributed by atoms with Crippen LogP contribution in [0.15, 0.2) is 18.2 Å². The zero-order valence-electron chi connectivity index (χ0n) is 7.92. The standard InChI is InChI=1S/C12H11NO/c13-8-12(14)11-6-5-9-3-1-2-4-10(9)7-11/h5-7H,1-4H2. The van der Waals surface area contributed by atoms with Crippen molar-refractivity contribution in [2.45, 2.75) is 25.7 Å². The molecule has 0 bridgehead atoms. The van der Waals surface area contributed by atoms with Gasteiger partial charge in [-0.15, -0.1) is 0 Å². The van der Waals surface area contributed by atoms with Gasteiger partial charge in [0.1, 0.15) is 6.07 Å². The molecule has 14 heavy (non-hydrogen) atoms. The van der Waals surface area contributed by atoms with Gasteiger partial charge in [0.25, 0.3) is 5.78 Å². The lowest BCUT2D eigenvalue weighted by molar-refractivity contribution is 0.105. The number of benzene rings is 1. The second kappa shape index (κ2) is 3.63. The Hall–Kier alpha value is -1.62. The Kier molecular flexibility index (Phi) is 2.32. The van der Waals surface area contributed by atoms with E-state index in [0.717, 1.165) is 12.8 Å². The Labute approximate surface area is 83.2 Å². The molecule has 2 heteroatoms. The van der Waals surface area contributed by atoms with Gasteiger partial charge in [0.15, 0.2) is 0 Å². The first kappa shape index (κ1) is 8.96. The number of rotatable bonds is 1. The van der Waals surface area contributed by atoms with E-state index >= 15 is 0 Å². The quantitative estimate of drug-likeness (QED) is 0.497. The molecule has 0 aromatic heterocycles. The van der Waals surface area contributed by atoms with Gasteiger partial charge in [0.2, 0.25) is 0 Å². The number of hydrogen-bond donors (Lipinski definition) is 0. The lowest BCUT2D eigenvalue weighted by Crippen LogP contribution is -2.05. The van der Waals surface area contributed by atoms with Crippen LogP contribution in [-0.4, -0.2) is 5.78 Å². The smallest absolute Gasteiger partial charge is 0.262 e. The van der Waals surface area contributed by atoms with Gasteiger partial charge in [-0.1, -0.05) is 6.07 Å². The molecule has 0 aliphatic heterocycles. The maximum Gasteiger partial charge on any atom is 0.262 e. The van der Waals surface area contributed by atoms with Crippen molar-refractivity contribution >= 4 is 5.78 Å². The third kappa shape index (κ3) is 1.54. The molecule has 0 atom stereocenters. The van der Waals surface area contributed by atoms with E-state index in [1.165, 1.54) is 24.0 Å². The second-order valence-corrected chi connectivity index (χ2v) is 3.63. The van der Waals surface area contributed by atoms with E-state index < -0.39 is 5.78 Å². The molecule has 0 saturated carbocycles. The highest BCUT2D eigenvalue weighted by Crippen LogP contribution is 2.22. The van der Waals surface area contributed by atoms with Crippen LogP contribution in [-0.2, 0) is 12.8 Å². The summed E-state index contributed by atoms with van der Waals surface area (Å²) >= 11 is 0. The van der Waals surface area contributed by atoms with Crippen molar-refractivity contribution in [3.8, 4) is 6.07 Å². The monoisotopic (exact) mass is 185 g/mol. The van der Waals surface area contributed by atoms with Gasteiger partial charge in [-0.25, -0.2) is 0 Å². The SMILES string of the molecule is N#CC(=O)c1ccc2c(c1)CCCC2. The predicted molar refractivity (Wildman–Crippen MR) is 53.0 cm³/mol. The summed E-state index contributed by atoms with van der Waals surface area (Å²) in [6.07, 6.45) is 4.58. The Balaban J connectivity index is 2.39. The Morgan fingerprint density at radius 1 is 1.21 bits per heavy atom. The fraction of sp³-hybridized carbons (Fsp3) is 0.333. The molecular formula is C12H11NO. The van der Waals surface area contributed by atoms with E-state index in [0.29, 0.717) is 5.56 Å². The van der Waals surface area contributed by atoms with Crippen molar-refractivity contribution in [3.63, 3.8) is 0 Å². The van der Waals surface area contributed by atoms with Crippen LogP contribution in [0.5, 0.6) is 0 Å². The van der Waals surface area contributed by atoms with Gasteiger partial charge in [-0.05, 0) is 48.9 Å². The van der Waals surface area contributed by atoms with Crippen molar-refractivity contribution < 1.29 is 4.79 Å². The van der Waals surface area contributed by atoms with Crippen LogP contribution in [0.25, 0.3) is 0 Å². The fourth-order valence-corrected chi connectivity index (χ4v) is 1.94. The minimum Gasteiger partial charge on any atom is -0.277 e. The van der Waals surface area contributed by atoms with E-state index in [4.69, 9.17) is 5.26 Å². The molecule has 0 heterocycles. The van der Waals surface area contributed by atoms with Crippen molar-refractivity contribution in [1.82, 2.24) is 0 Å². The fourth-order valence-electron chi connectivity index (χ4n) is 1.94. The summed E-state index contributed by atoms with van der Waals surface area (Å²) in [7, 11) is 0. The molecule has 1 aliphatic carbocycles. The van der Waals surface area contributed by atoms with Crippen LogP contribution in [0.1, 0.15) is 34.3 Å². The number of hydrogen-bond acceptors (Lipinski definition) is 2. The Morgan fingerprint density at radius 3 is 2.64 bits per heavy atom. The highest BCUT2D eigenvalue weighted by Gasteiger charge is 2.11. The Morgan fingerprint density at radius 2 is 1.93 bits per heavy atom. The van der Waals surface area contributed by atoms with Crippen molar-refractivity contribution in [1.29, 1.82) is 5.26 Å². The minimum absolute atomic E-state index is 0.432. The van der Waals surface area contributed by atoms with Crippen LogP contribution in [0.2, 0.25) is 0 Å². The summed E-state index contributed by atoms with van der Waals surface area (Å²) in [6, 6.07) is 7.27. The van der Waals surface area contributed by atoms with E-state index in [1.807, 2.05) is 12.1 Å². The number of Topliss-reactive ketones (excluding diaryl/α,β-unsaturated/α-hetero) is 1. The molecule has 0 spiro atoms. The molecule has 0 saturated heterocycles. The lowest BCUT2D eigenvalue weighted by Gasteiger charge is -2.15. The number of carbonyl (C=O) groups is 1. The molecule has 1 aliphatic rings. The zero-order valence-corrected chi connectivity index (χ0v) is 7.92. The van der Waals surface area contributed by atoms with Crippen LogP contribution >= 0.6 is 0 Å². The van der Waals surface area contributed by atoms with Crippen LogP contribution in [0.4, 0.5) is 0 Å². The van der Waals surface area contributed by atoms with Crippen LogP contribution in [0.3, 0.4) is 0 Å². The Bertz CT molecular complexity index is 415. The molecule has 0 radical (unpaired) electrons. The average Bonchev–Trinajstić information content (AvgIpc) is 2.27. The molecular weight excluding hydrogens is 174 g/mol. The number of nitriles is 1.